The standard InChI is InChI=1S/C20H22F3NO6/c1-25-16-9-17(29-11-15-10-27-7-8-28-15)24-18(19(16)26-2)13-3-5-14(6-4-13)30-12-20(21,22)23/h3-6,9,15H,7-8,10-12H2,1-2H3. The smallest absolute Gasteiger partial charge is 0.422 e. The second-order valence-corrected chi connectivity index (χ2v) is 6.35. The average Bonchev–Trinajstić information content (AvgIpc) is 2.76. The number of hydrogen-bond acceptors (Lipinski definition) is 7. The third-order valence-corrected chi connectivity index (χ3v) is 4.17. The van der Waals surface area contributed by atoms with E-state index in [9.17, 15) is 13.2 Å². The Morgan fingerprint density at radius 3 is 2.43 bits per heavy atom. The lowest BCUT2D eigenvalue weighted by atomic mass is 10.1. The summed E-state index contributed by atoms with van der Waals surface area (Å²) in [4.78, 5) is 4.48. The molecular formula is C20H22F3NO6. The van der Waals surface area contributed by atoms with E-state index in [2.05, 4.69) is 4.98 Å². The Balaban J connectivity index is 1.81. The van der Waals surface area contributed by atoms with Crippen LogP contribution in [0.1, 0.15) is 0 Å². The maximum Gasteiger partial charge on any atom is 0.422 e. The van der Waals surface area contributed by atoms with Gasteiger partial charge in [0.2, 0.25) is 5.88 Å². The number of benzene rings is 1. The number of rotatable bonds is 8. The highest BCUT2D eigenvalue weighted by molar-refractivity contribution is 5.71. The first-order valence-corrected chi connectivity index (χ1v) is 9.14. The van der Waals surface area contributed by atoms with Crippen LogP contribution >= 0.6 is 0 Å². The maximum absolute atomic E-state index is 12.3. The predicted octanol–water partition coefficient (Wildman–Crippen LogP) is 3.50. The summed E-state index contributed by atoms with van der Waals surface area (Å²) in [5.74, 6) is 1.14. The predicted molar refractivity (Wildman–Crippen MR) is 100 cm³/mol. The van der Waals surface area contributed by atoms with Gasteiger partial charge in [0.05, 0.1) is 34.0 Å². The zero-order valence-corrected chi connectivity index (χ0v) is 16.5. The molecule has 164 valence electrons. The van der Waals surface area contributed by atoms with Gasteiger partial charge in [0, 0.05) is 11.6 Å². The average molecular weight is 429 g/mol. The van der Waals surface area contributed by atoms with E-state index in [-0.39, 0.29) is 24.3 Å². The monoisotopic (exact) mass is 429 g/mol. The number of hydrogen-bond donors (Lipinski definition) is 0. The van der Waals surface area contributed by atoms with Gasteiger partial charge in [-0.2, -0.15) is 13.2 Å². The van der Waals surface area contributed by atoms with Crippen molar-refractivity contribution < 1.29 is 41.6 Å². The molecule has 0 amide bonds. The van der Waals surface area contributed by atoms with Crippen LogP contribution in [0.4, 0.5) is 13.2 Å². The van der Waals surface area contributed by atoms with Crippen molar-refractivity contribution in [1.29, 1.82) is 0 Å². The molecule has 1 unspecified atom stereocenters. The van der Waals surface area contributed by atoms with Gasteiger partial charge in [-0.3, -0.25) is 0 Å². The molecule has 1 aromatic carbocycles. The minimum atomic E-state index is -4.41. The van der Waals surface area contributed by atoms with E-state index in [0.717, 1.165) is 0 Å². The first-order valence-electron chi connectivity index (χ1n) is 9.14. The molecule has 0 aliphatic carbocycles. The molecule has 0 bridgehead atoms. The molecule has 1 saturated heterocycles. The Kier molecular flexibility index (Phi) is 7.22. The van der Waals surface area contributed by atoms with Crippen molar-refractivity contribution >= 4 is 0 Å². The van der Waals surface area contributed by atoms with Crippen LogP contribution in [0.15, 0.2) is 30.3 Å². The number of pyridine rings is 1. The van der Waals surface area contributed by atoms with Gasteiger partial charge in [-0.15, -0.1) is 0 Å². The second-order valence-electron chi connectivity index (χ2n) is 6.35. The molecule has 7 nitrogen and oxygen atoms in total. The number of alkyl halides is 3. The van der Waals surface area contributed by atoms with Crippen molar-refractivity contribution in [3.05, 3.63) is 30.3 Å². The largest absolute Gasteiger partial charge is 0.493 e. The van der Waals surface area contributed by atoms with Crippen molar-refractivity contribution in [2.45, 2.75) is 12.3 Å². The van der Waals surface area contributed by atoms with Crippen LogP contribution in [0.5, 0.6) is 23.1 Å². The third-order valence-electron chi connectivity index (χ3n) is 4.17. The lowest BCUT2D eigenvalue weighted by Crippen LogP contribution is -2.33. The van der Waals surface area contributed by atoms with Crippen molar-refractivity contribution in [2.24, 2.45) is 0 Å². The molecule has 10 heteroatoms. The van der Waals surface area contributed by atoms with E-state index >= 15 is 0 Å². The first kappa shape index (κ1) is 22.0. The van der Waals surface area contributed by atoms with Crippen molar-refractivity contribution in [3.8, 4) is 34.4 Å². The topological polar surface area (TPSA) is 68.3 Å². The first-order chi connectivity index (χ1) is 14.4. The fraction of sp³-hybridized carbons (Fsp3) is 0.450. The normalized spacial score (nSPS) is 16.8. The Morgan fingerprint density at radius 1 is 1.07 bits per heavy atom. The molecule has 30 heavy (non-hydrogen) atoms. The number of aromatic nitrogens is 1. The molecule has 1 aliphatic heterocycles. The molecule has 0 N–H and O–H groups in total. The molecule has 0 saturated carbocycles. The summed E-state index contributed by atoms with van der Waals surface area (Å²) in [6, 6.07) is 7.60. The number of methoxy groups -OCH3 is 2. The Morgan fingerprint density at radius 2 is 1.83 bits per heavy atom. The summed E-state index contributed by atoms with van der Waals surface area (Å²) < 4.78 is 69.2. The van der Waals surface area contributed by atoms with Gasteiger partial charge in [-0.25, -0.2) is 4.98 Å². The Hall–Kier alpha value is -2.72. The van der Waals surface area contributed by atoms with E-state index in [1.807, 2.05) is 0 Å². The molecule has 0 spiro atoms. The molecule has 2 aromatic rings. The zero-order chi connectivity index (χ0) is 21.6. The second kappa shape index (κ2) is 9.86. The number of halogens is 3. The van der Waals surface area contributed by atoms with Gasteiger partial charge >= 0.3 is 6.18 Å². The summed E-state index contributed by atoms with van der Waals surface area (Å²) in [7, 11) is 2.95. The van der Waals surface area contributed by atoms with Gasteiger partial charge in [0.15, 0.2) is 18.1 Å². The van der Waals surface area contributed by atoms with Gasteiger partial charge in [0.25, 0.3) is 0 Å². The van der Waals surface area contributed by atoms with Crippen LogP contribution in [-0.2, 0) is 9.47 Å². The minimum Gasteiger partial charge on any atom is -0.493 e. The van der Waals surface area contributed by atoms with Crippen LogP contribution in [0.25, 0.3) is 11.3 Å². The molecule has 0 radical (unpaired) electrons. The lowest BCUT2D eigenvalue weighted by molar-refractivity contribution is -0.153. The van der Waals surface area contributed by atoms with Gasteiger partial charge in [-0.05, 0) is 24.3 Å². The highest BCUT2D eigenvalue weighted by Gasteiger charge is 2.28. The summed E-state index contributed by atoms with van der Waals surface area (Å²) in [6.45, 7) is 0.364. The van der Waals surface area contributed by atoms with Crippen LogP contribution in [0.2, 0.25) is 0 Å². The van der Waals surface area contributed by atoms with E-state index in [1.165, 1.54) is 26.4 Å². The van der Waals surface area contributed by atoms with E-state index in [4.69, 9.17) is 28.4 Å². The van der Waals surface area contributed by atoms with Gasteiger partial charge < -0.3 is 28.4 Å². The molecule has 1 atom stereocenters. The van der Waals surface area contributed by atoms with Crippen LogP contribution in [0, 0.1) is 0 Å². The van der Waals surface area contributed by atoms with Crippen molar-refractivity contribution in [3.63, 3.8) is 0 Å². The molecule has 2 heterocycles. The zero-order valence-electron chi connectivity index (χ0n) is 16.5. The molecule has 3 rings (SSSR count). The fourth-order valence-corrected chi connectivity index (χ4v) is 2.79. The maximum atomic E-state index is 12.3. The van der Waals surface area contributed by atoms with Gasteiger partial charge in [0.1, 0.15) is 24.2 Å². The Labute approximate surface area is 171 Å². The Bertz CT molecular complexity index is 823. The van der Waals surface area contributed by atoms with Crippen LogP contribution in [-0.4, -0.2) is 64.5 Å². The molecular weight excluding hydrogens is 407 g/mol. The summed E-state index contributed by atoms with van der Waals surface area (Å²) in [5, 5.41) is 0. The van der Waals surface area contributed by atoms with Gasteiger partial charge in [-0.1, -0.05) is 0 Å². The highest BCUT2D eigenvalue weighted by atomic mass is 19.4. The number of nitrogens with zero attached hydrogens (tertiary/aromatic N) is 1. The van der Waals surface area contributed by atoms with Crippen molar-refractivity contribution in [2.75, 3.05) is 47.3 Å². The SMILES string of the molecule is COc1cc(OCC2COCCO2)nc(-c2ccc(OCC(F)(F)F)cc2)c1OC. The molecule has 1 aromatic heterocycles. The number of ether oxygens (including phenoxy) is 6. The minimum absolute atomic E-state index is 0.0869. The lowest BCUT2D eigenvalue weighted by Gasteiger charge is -2.23. The summed E-state index contributed by atoms with van der Waals surface area (Å²) >= 11 is 0. The van der Waals surface area contributed by atoms with E-state index < -0.39 is 12.8 Å². The van der Waals surface area contributed by atoms with E-state index in [0.29, 0.717) is 42.6 Å². The molecule has 1 aliphatic rings. The van der Waals surface area contributed by atoms with E-state index in [1.54, 1.807) is 18.2 Å². The van der Waals surface area contributed by atoms with Crippen LogP contribution < -0.4 is 18.9 Å². The quantitative estimate of drug-likeness (QED) is 0.636. The van der Waals surface area contributed by atoms with Crippen LogP contribution in [0.3, 0.4) is 0 Å². The fourth-order valence-electron chi connectivity index (χ4n) is 2.79. The summed E-state index contributed by atoms with van der Waals surface area (Å²) in [5.41, 5.74) is 1.00. The van der Waals surface area contributed by atoms with Crippen molar-refractivity contribution in [1.82, 2.24) is 4.98 Å². The summed E-state index contributed by atoms with van der Waals surface area (Å²) in [6.07, 6.45) is -4.61. The highest BCUT2D eigenvalue weighted by Crippen LogP contribution is 2.39. The third kappa shape index (κ3) is 5.90. The molecule has 1 fully saturated rings.